The Hall–Kier alpha value is 0.0500. The maximum atomic E-state index is 12.6. The Balaban J connectivity index is 1.97. The van der Waals surface area contributed by atoms with Crippen LogP contribution in [0.15, 0.2) is 20.1 Å². The number of rotatable bonds is 6. The van der Waals surface area contributed by atoms with Gasteiger partial charge in [0.2, 0.25) is 0 Å². The van der Waals surface area contributed by atoms with E-state index in [0.717, 1.165) is 29.7 Å². The molecule has 1 saturated heterocycles. The molecule has 0 radical (unpaired) electrons. The first-order valence-corrected chi connectivity index (χ1v) is 10.4. The predicted molar refractivity (Wildman–Crippen MR) is 91.2 cm³/mol. The molecule has 0 bridgehead atoms. The Kier molecular flexibility index (Phi) is 6.25. The van der Waals surface area contributed by atoms with E-state index in [9.17, 15) is 8.42 Å². The van der Waals surface area contributed by atoms with Gasteiger partial charge in [-0.2, -0.15) is 4.31 Å². The Bertz CT molecular complexity index is 557. The molecule has 1 aromatic rings. The van der Waals surface area contributed by atoms with E-state index in [-0.39, 0.29) is 0 Å². The fourth-order valence-electron chi connectivity index (χ4n) is 2.55. The molecule has 0 aromatic carbocycles. The van der Waals surface area contributed by atoms with Crippen molar-refractivity contribution in [3.8, 4) is 0 Å². The Morgan fingerprint density at radius 3 is 2.86 bits per heavy atom. The number of hydrogen-bond acceptors (Lipinski definition) is 4. The molecule has 1 aromatic heterocycles. The number of sulfonamides is 1. The van der Waals surface area contributed by atoms with Crippen LogP contribution in [0.3, 0.4) is 0 Å². The summed E-state index contributed by atoms with van der Waals surface area (Å²) < 4.78 is 28.2. The van der Waals surface area contributed by atoms with Crippen LogP contribution >= 0.6 is 27.3 Å². The van der Waals surface area contributed by atoms with Crippen LogP contribution in [0.25, 0.3) is 0 Å². The Labute approximate surface area is 140 Å². The van der Waals surface area contributed by atoms with E-state index >= 15 is 0 Å². The van der Waals surface area contributed by atoms with Crippen molar-refractivity contribution in [3.05, 3.63) is 15.9 Å². The fourth-order valence-corrected chi connectivity index (χ4v) is 6.27. The van der Waals surface area contributed by atoms with Crippen LogP contribution in [0.4, 0.5) is 0 Å². The predicted octanol–water partition coefficient (Wildman–Crippen LogP) is 3.16. The fraction of sp³-hybridized carbons (Fsp3) is 0.714. The molecule has 7 heteroatoms. The van der Waals surface area contributed by atoms with E-state index in [0.29, 0.717) is 29.1 Å². The second kappa shape index (κ2) is 7.55. The maximum Gasteiger partial charge on any atom is 0.252 e. The minimum atomic E-state index is -3.32. The smallest absolute Gasteiger partial charge is 0.252 e. The van der Waals surface area contributed by atoms with Gasteiger partial charge in [-0.1, -0.05) is 13.8 Å². The Morgan fingerprint density at radius 2 is 2.24 bits per heavy atom. The molecule has 4 nitrogen and oxygen atoms in total. The lowest BCUT2D eigenvalue weighted by Crippen LogP contribution is -2.43. The van der Waals surface area contributed by atoms with Gasteiger partial charge < -0.3 is 5.32 Å². The zero-order chi connectivity index (χ0) is 15.5. The van der Waals surface area contributed by atoms with Gasteiger partial charge in [0.05, 0.1) is 3.79 Å². The molecule has 1 unspecified atom stereocenters. The third-order valence-electron chi connectivity index (χ3n) is 3.61. The van der Waals surface area contributed by atoms with Gasteiger partial charge in [-0.15, -0.1) is 11.3 Å². The van der Waals surface area contributed by atoms with Gasteiger partial charge in [-0.05, 0) is 65.8 Å². The van der Waals surface area contributed by atoms with Gasteiger partial charge in [0.15, 0.2) is 0 Å². The first-order valence-electron chi connectivity index (χ1n) is 7.36. The van der Waals surface area contributed by atoms with Crippen molar-refractivity contribution < 1.29 is 8.42 Å². The standard InChI is InChI=1S/C14H23BrN2O2S2/c1-11(2)8-16-9-12-4-3-7-17(10-12)21(18,19)14-6-5-13(15)20-14/h5-6,11-12,16H,3-4,7-10H2,1-2H3. The summed E-state index contributed by atoms with van der Waals surface area (Å²) >= 11 is 4.62. The third-order valence-corrected chi connectivity index (χ3v) is 7.57. The lowest BCUT2D eigenvalue weighted by molar-refractivity contribution is 0.258. The molecule has 1 fully saturated rings. The van der Waals surface area contributed by atoms with Crippen molar-refractivity contribution in [2.75, 3.05) is 26.2 Å². The largest absolute Gasteiger partial charge is 0.316 e. The van der Waals surface area contributed by atoms with Crippen molar-refractivity contribution in [2.24, 2.45) is 11.8 Å². The molecular weight excluding hydrogens is 372 g/mol. The van der Waals surface area contributed by atoms with Crippen LogP contribution in [0.5, 0.6) is 0 Å². The highest BCUT2D eigenvalue weighted by Gasteiger charge is 2.31. The van der Waals surface area contributed by atoms with E-state index in [1.165, 1.54) is 11.3 Å². The van der Waals surface area contributed by atoms with Crippen molar-refractivity contribution in [1.29, 1.82) is 0 Å². The molecule has 0 amide bonds. The van der Waals surface area contributed by atoms with E-state index in [4.69, 9.17) is 0 Å². The van der Waals surface area contributed by atoms with Crippen LogP contribution in [-0.4, -0.2) is 38.9 Å². The van der Waals surface area contributed by atoms with Crippen LogP contribution in [0.1, 0.15) is 26.7 Å². The first kappa shape index (κ1) is 17.4. The minimum Gasteiger partial charge on any atom is -0.316 e. The van der Waals surface area contributed by atoms with Gasteiger partial charge >= 0.3 is 0 Å². The molecule has 1 aliphatic rings. The summed E-state index contributed by atoms with van der Waals surface area (Å²) in [5, 5.41) is 3.44. The number of piperidine rings is 1. The molecule has 0 saturated carbocycles. The maximum absolute atomic E-state index is 12.6. The second-order valence-electron chi connectivity index (χ2n) is 5.98. The van der Waals surface area contributed by atoms with E-state index in [2.05, 4.69) is 35.1 Å². The zero-order valence-electron chi connectivity index (χ0n) is 12.5. The highest BCUT2D eigenvalue weighted by Crippen LogP contribution is 2.30. The van der Waals surface area contributed by atoms with Gasteiger partial charge in [-0.3, -0.25) is 0 Å². The summed E-state index contributed by atoms with van der Waals surface area (Å²) in [6.45, 7) is 7.51. The summed E-state index contributed by atoms with van der Waals surface area (Å²) in [5.74, 6) is 1.03. The summed E-state index contributed by atoms with van der Waals surface area (Å²) in [6.07, 6.45) is 2.05. The summed E-state index contributed by atoms with van der Waals surface area (Å²) in [6, 6.07) is 3.48. The molecule has 1 atom stereocenters. The summed E-state index contributed by atoms with van der Waals surface area (Å²) in [4.78, 5) is 0. The highest BCUT2D eigenvalue weighted by atomic mass is 79.9. The molecule has 1 N–H and O–H groups in total. The molecule has 0 spiro atoms. The summed E-state index contributed by atoms with van der Waals surface area (Å²) in [5.41, 5.74) is 0. The third kappa shape index (κ3) is 4.76. The summed E-state index contributed by atoms with van der Waals surface area (Å²) in [7, 11) is -3.32. The first-order chi connectivity index (χ1) is 9.89. The molecule has 120 valence electrons. The Morgan fingerprint density at radius 1 is 1.48 bits per heavy atom. The quantitative estimate of drug-likeness (QED) is 0.805. The van der Waals surface area contributed by atoms with Gasteiger partial charge in [0, 0.05) is 13.1 Å². The highest BCUT2D eigenvalue weighted by molar-refractivity contribution is 9.11. The average molecular weight is 395 g/mol. The molecule has 1 aliphatic heterocycles. The van der Waals surface area contributed by atoms with Crippen molar-refractivity contribution in [3.63, 3.8) is 0 Å². The van der Waals surface area contributed by atoms with E-state index < -0.39 is 10.0 Å². The van der Waals surface area contributed by atoms with Gasteiger partial charge in [0.25, 0.3) is 10.0 Å². The monoisotopic (exact) mass is 394 g/mol. The van der Waals surface area contributed by atoms with Crippen molar-refractivity contribution in [1.82, 2.24) is 9.62 Å². The number of thiophene rings is 1. The van der Waals surface area contributed by atoms with Crippen LogP contribution in [-0.2, 0) is 10.0 Å². The average Bonchev–Trinajstić information content (AvgIpc) is 2.86. The van der Waals surface area contributed by atoms with Crippen molar-refractivity contribution in [2.45, 2.75) is 30.9 Å². The number of nitrogens with one attached hydrogen (secondary N) is 1. The lowest BCUT2D eigenvalue weighted by atomic mass is 9.99. The molecule has 21 heavy (non-hydrogen) atoms. The number of hydrogen-bond donors (Lipinski definition) is 1. The van der Waals surface area contributed by atoms with E-state index in [1.807, 2.05) is 0 Å². The van der Waals surface area contributed by atoms with E-state index in [1.54, 1.807) is 16.4 Å². The van der Waals surface area contributed by atoms with Crippen molar-refractivity contribution >= 4 is 37.3 Å². The van der Waals surface area contributed by atoms with Crippen LogP contribution < -0.4 is 5.32 Å². The lowest BCUT2D eigenvalue weighted by Gasteiger charge is -2.31. The van der Waals surface area contributed by atoms with Gasteiger partial charge in [-0.25, -0.2) is 8.42 Å². The molecule has 0 aliphatic carbocycles. The topological polar surface area (TPSA) is 49.4 Å². The minimum absolute atomic E-state index is 0.413. The number of halogens is 1. The molecule has 2 heterocycles. The van der Waals surface area contributed by atoms with Gasteiger partial charge in [0.1, 0.15) is 4.21 Å². The molecule has 2 rings (SSSR count). The zero-order valence-corrected chi connectivity index (χ0v) is 15.7. The normalized spacial score (nSPS) is 21.0. The SMILES string of the molecule is CC(C)CNCC1CCCN(S(=O)(=O)c2ccc(Br)s2)C1. The number of nitrogens with zero attached hydrogens (tertiary/aromatic N) is 1. The van der Waals surface area contributed by atoms with Crippen LogP contribution in [0.2, 0.25) is 0 Å². The van der Waals surface area contributed by atoms with Crippen LogP contribution in [0, 0.1) is 11.8 Å². The second-order valence-corrected chi connectivity index (χ2v) is 10.6. The molecular formula is C14H23BrN2O2S2.